The molecule has 149 heavy (non-hydrogen) atoms. The smallest absolute Gasteiger partial charge is 0.357 e. The first-order chi connectivity index (χ1) is 72.1. The van der Waals surface area contributed by atoms with Crippen LogP contribution in [-0.2, 0) is 96.0 Å². The number of aromatic nitrogens is 19. The highest BCUT2D eigenvalue weighted by atomic mass is 32.1. The van der Waals surface area contributed by atoms with Crippen LogP contribution in [0.1, 0.15) is 197 Å². The molecule has 0 spiro atoms. The van der Waals surface area contributed by atoms with Gasteiger partial charge in [-0.1, -0.05) is 90.1 Å². The topological polar surface area (TPSA) is 468 Å². The molecule has 16 heterocycles. The van der Waals surface area contributed by atoms with E-state index in [2.05, 4.69) is 76.9 Å². The number of hydrogen-bond donors (Lipinski definition) is 3. The molecular weight excluding hydrogens is 1930 g/mol. The van der Waals surface area contributed by atoms with Gasteiger partial charge in [-0.3, -0.25) is 19.7 Å². The predicted octanol–water partition coefficient (Wildman–Crippen LogP) is 17.9. The molecule has 14 aromatic heterocycles. The van der Waals surface area contributed by atoms with E-state index in [1.165, 1.54) is 22.7 Å². The Morgan fingerprint density at radius 3 is 1.13 bits per heavy atom. The number of carbonyl (C=O) groups is 8. The number of nitro benzene ring substituents is 1. The molecule has 0 fully saturated rings. The molecule has 19 aromatic rings. The largest absolute Gasteiger partial charge is 0.461 e. The lowest BCUT2D eigenvalue weighted by Crippen LogP contribution is -2.20. The summed E-state index contributed by atoms with van der Waals surface area (Å²) >= 11 is 1.63. The number of rotatable bonds is 26. The molecule has 0 saturated heterocycles. The number of nitro groups is 1. The molecule has 2 amide bonds. The zero-order valence-electron chi connectivity index (χ0n) is 83.9. The number of likely N-dealkylation sites (N-methyl/N-ethyl adjacent to an activating group) is 1. The summed E-state index contributed by atoms with van der Waals surface area (Å²) in [7, 11) is 1.78. The van der Waals surface area contributed by atoms with Gasteiger partial charge in [-0.2, -0.15) is 30.6 Å². The molecule has 762 valence electrons. The normalized spacial score (nSPS) is 11.8. The summed E-state index contributed by atoms with van der Waals surface area (Å²) < 4.78 is 54.8. The van der Waals surface area contributed by atoms with Gasteiger partial charge in [0.1, 0.15) is 11.5 Å². The third kappa shape index (κ3) is 22.9. The second-order valence-electron chi connectivity index (χ2n) is 33.6. The average Bonchev–Trinajstić information content (AvgIpc) is 1.61. The van der Waals surface area contributed by atoms with Gasteiger partial charge in [-0.05, 0) is 193 Å². The van der Waals surface area contributed by atoms with E-state index < -0.39 is 46.6 Å². The molecule has 2 aliphatic heterocycles. The average molecular weight is 2030 g/mol. The van der Waals surface area contributed by atoms with Gasteiger partial charge in [0.25, 0.3) is 5.69 Å². The van der Waals surface area contributed by atoms with Gasteiger partial charge in [0.05, 0.1) is 103 Å². The van der Waals surface area contributed by atoms with E-state index in [4.69, 9.17) is 33.5 Å². The molecule has 2 aliphatic rings. The number of amides is 2. The monoisotopic (exact) mass is 2030 g/mol. The molecule has 0 bridgehead atoms. The summed E-state index contributed by atoms with van der Waals surface area (Å²) in [5.74, 6) is -3.31. The highest BCUT2D eigenvalue weighted by Gasteiger charge is 2.29. The summed E-state index contributed by atoms with van der Waals surface area (Å²) in [4.78, 5) is 138. The number of halogens is 1. The van der Waals surface area contributed by atoms with Gasteiger partial charge in [0, 0.05) is 140 Å². The first-order valence-electron chi connectivity index (χ1n) is 48.6. The van der Waals surface area contributed by atoms with Crippen LogP contribution in [-0.4, -0.2) is 197 Å². The SMILES string of the molecule is CCOC(=O)c1cc(CC)n2nc(-c3ccc(CO)cc3)cc2n1.CCOC(=O)c1cc(CC)n2nc(-c3ccc([N+](=O)[O-])cc3F)cc2n1.CCOC(=O)c1cc(CC)n2nc(-c3ccc4[nH]ccc4c3)cc2n1.CCOC(=O)c1cc(CC)n2nc(-c3ccc4c(c3)CC(=O)N4)cc2n1.CCOC(=O)c1cc(CC)n2nc(-c3ccc4c(c3)CC(=O)N4C)cc2n1.CCOC(=O)c1cc(CC)n2nc(-c3cccs3)cc2n1. The molecule has 0 atom stereocenters. The van der Waals surface area contributed by atoms with Gasteiger partial charge in [-0.25, -0.2) is 90.2 Å². The Hall–Kier alpha value is -17.9. The Labute approximate surface area is 855 Å². The lowest BCUT2D eigenvalue weighted by molar-refractivity contribution is -0.385. The number of aryl methyl sites for hydroxylation is 6. The van der Waals surface area contributed by atoms with Crippen LogP contribution < -0.4 is 10.2 Å². The number of thiophene rings is 1. The minimum absolute atomic E-state index is 0.00108. The molecular formula is C108H105FN22O17S. The minimum Gasteiger partial charge on any atom is -0.461 e. The number of aliphatic hydroxyl groups is 1. The van der Waals surface area contributed by atoms with Crippen LogP contribution in [0.15, 0.2) is 200 Å². The molecule has 5 aromatic carbocycles. The van der Waals surface area contributed by atoms with Crippen LogP contribution in [0.25, 0.3) is 112 Å². The van der Waals surface area contributed by atoms with Crippen molar-refractivity contribution in [3.8, 4) is 66.9 Å². The quantitative estimate of drug-likeness (QED) is 0.0196. The number of fused-ring (bicyclic) bond motifs is 9. The van der Waals surface area contributed by atoms with Crippen molar-refractivity contribution >= 4 is 121 Å². The third-order valence-electron chi connectivity index (χ3n) is 24.1. The maximum absolute atomic E-state index is 14.3. The lowest BCUT2D eigenvalue weighted by atomic mass is 10.1. The van der Waals surface area contributed by atoms with E-state index in [0.717, 1.165) is 148 Å². The number of H-pyrrole nitrogens is 1. The van der Waals surface area contributed by atoms with Gasteiger partial charge < -0.3 is 48.7 Å². The van der Waals surface area contributed by atoms with Gasteiger partial charge in [-0.15, -0.1) is 11.3 Å². The van der Waals surface area contributed by atoms with Crippen LogP contribution in [0.5, 0.6) is 0 Å². The van der Waals surface area contributed by atoms with E-state index in [0.29, 0.717) is 122 Å². The van der Waals surface area contributed by atoms with Gasteiger partial charge in [0.2, 0.25) is 11.8 Å². The van der Waals surface area contributed by atoms with Gasteiger partial charge in [0.15, 0.2) is 68.0 Å². The molecule has 3 N–H and O–H groups in total. The van der Waals surface area contributed by atoms with Crippen molar-refractivity contribution in [2.75, 3.05) is 56.9 Å². The van der Waals surface area contributed by atoms with Crippen LogP contribution >= 0.6 is 11.3 Å². The molecule has 39 nitrogen and oxygen atoms in total. The summed E-state index contributed by atoms with van der Waals surface area (Å²) in [6.07, 6.45) is 6.89. The number of aliphatic hydroxyl groups excluding tert-OH is 1. The van der Waals surface area contributed by atoms with Crippen molar-refractivity contribution in [3.63, 3.8) is 0 Å². The van der Waals surface area contributed by atoms with E-state index in [1.54, 1.807) is 124 Å². The van der Waals surface area contributed by atoms with Crippen LogP contribution in [0.4, 0.5) is 21.5 Å². The molecule has 41 heteroatoms. The number of carbonyl (C=O) groups excluding carboxylic acids is 8. The third-order valence-corrected chi connectivity index (χ3v) is 25.0. The Balaban J connectivity index is 0.000000128. The summed E-state index contributed by atoms with van der Waals surface area (Å²) in [6, 6.07) is 55.8. The van der Waals surface area contributed by atoms with E-state index in [1.807, 2.05) is 174 Å². The Morgan fingerprint density at radius 2 is 0.758 bits per heavy atom. The summed E-state index contributed by atoms with van der Waals surface area (Å²) in [5.41, 5.74) is 23.8. The number of anilines is 2. The molecule has 0 saturated carbocycles. The number of nitrogens with one attached hydrogen (secondary N) is 2. The number of ether oxygens (including phenoxy) is 6. The Morgan fingerprint density at radius 1 is 0.403 bits per heavy atom. The van der Waals surface area contributed by atoms with E-state index in [-0.39, 0.29) is 59.1 Å². The number of esters is 6. The summed E-state index contributed by atoms with van der Waals surface area (Å²) in [5, 5.41) is 53.3. The first-order valence-corrected chi connectivity index (χ1v) is 49.5. The fourth-order valence-corrected chi connectivity index (χ4v) is 17.3. The maximum atomic E-state index is 14.3. The van der Waals surface area contributed by atoms with E-state index in [9.17, 15) is 52.9 Å². The Bertz CT molecular complexity index is 8330. The molecule has 0 radical (unpaired) electrons. The molecule has 21 rings (SSSR count). The highest BCUT2D eigenvalue weighted by Crippen LogP contribution is 2.36. The number of aromatic amines is 1. The predicted molar refractivity (Wildman–Crippen MR) is 554 cm³/mol. The second-order valence-corrected chi connectivity index (χ2v) is 34.6. The van der Waals surface area contributed by atoms with Crippen molar-refractivity contribution in [2.45, 2.75) is 141 Å². The van der Waals surface area contributed by atoms with E-state index >= 15 is 0 Å². The van der Waals surface area contributed by atoms with Crippen LogP contribution in [0, 0.1) is 15.9 Å². The van der Waals surface area contributed by atoms with Crippen LogP contribution in [0.2, 0.25) is 0 Å². The van der Waals surface area contributed by atoms with Crippen molar-refractivity contribution < 1.29 is 81.2 Å². The zero-order chi connectivity index (χ0) is 106. The van der Waals surface area contributed by atoms with Crippen molar-refractivity contribution in [1.29, 1.82) is 0 Å². The molecule has 0 aliphatic carbocycles. The van der Waals surface area contributed by atoms with Crippen molar-refractivity contribution in [1.82, 2.24) is 92.6 Å². The fourth-order valence-electron chi connectivity index (χ4n) is 16.7. The van der Waals surface area contributed by atoms with Gasteiger partial charge >= 0.3 is 35.8 Å². The number of nitrogens with zero attached hydrogens (tertiary/aromatic N) is 20. The highest BCUT2D eigenvalue weighted by molar-refractivity contribution is 7.13. The zero-order valence-corrected chi connectivity index (χ0v) is 84.7. The standard InChI is InChI=1S/C20H20N4O3.C19H18N4O3.C19H18N4O2.C18H19N3O3.C17H15FN4O4.C15H15N3O2S/c1-4-14-10-16(20(26)27-5-2)21-18-11-15(22-24(14)18)12-6-7-17-13(8-12)9-19(25)23(17)3;1-3-13-9-16(19(25)26-4-2)20-17-10-15(22-23(13)17)11-5-6-14-12(7-11)8-18(24)21-14;1-3-14-10-17(19(24)25-4-2)21-18-11-16(22-23(14)18)12-5-6-15-13(9-12)7-8-20-15;1-3-14-9-16(18(23)24-4-2)19-17-10-15(20-21(14)17)13-7-5-12(11-22)6-8-13;1-3-10-8-15(17(23)26-4-2)19-16-9-14(20-21(10)16)12-6-5-11(22(24)25)7-13(12)18;1-3-10-8-12(15(19)20-4-2)16-14-9-11(17-18(10)14)13-6-5-7-21-13/h6-8,10-11H,4-5,9H2,1-3H3;5-7,9-10H,3-4,8H2,1-2H3,(H,21,24);5-11,20H,3-4H2,1-2H3;5-10,22H,3-4,11H2,1-2H3;5-9H,3-4H2,1-2H3;5-9H,3-4H2,1-2H3. The number of benzene rings is 5. The Kier molecular flexibility index (Phi) is 32.4. The molecule has 0 unspecified atom stereocenters. The first kappa shape index (κ1) is 104. The van der Waals surface area contributed by atoms with Crippen molar-refractivity contribution in [2.24, 2.45) is 0 Å². The fraction of sp³-hybridized carbons (Fsp3) is 0.259. The van der Waals surface area contributed by atoms with Crippen LogP contribution in [0.3, 0.4) is 0 Å². The lowest BCUT2D eigenvalue weighted by Gasteiger charge is -2.09. The number of hydrogen-bond acceptors (Lipinski definition) is 30. The van der Waals surface area contributed by atoms with Crippen molar-refractivity contribution in [3.05, 3.63) is 301 Å². The minimum atomic E-state index is -0.758. The summed E-state index contributed by atoms with van der Waals surface area (Å²) in [6.45, 7) is 24.3. The second kappa shape index (κ2) is 46.4. The number of non-ortho nitro benzene ring substituents is 1. The maximum Gasteiger partial charge on any atom is 0.357 e.